The van der Waals surface area contributed by atoms with Crippen molar-refractivity contribution in [2.75, 3.05) is 5.32 Å². The van der Waals surface area contributed by atoms with E-state index >= 15 is 0 Å². The zero-order chi connectivity index (χ0) is 17.8. The van der Waals surface area contributed by atoms with Crippen LogP contribution in [0.15, 0.2) is 54.6 Å². The molecule has 2 aromatic carbocycles. The van der Waals surface area contributed by atoms with E-state index in [-0.39, 0.29) is 5.92 Å². The fourth-order valence-corrected chi connectivity index (χ4v) is 2.68. The van der Waals surface area contributed by atoms with E-state index in [9.17, 15) is 9.90 Å². The number of fused-ring (bicyclic) bond motifs is 1. The van der Waals surface area contributed by atoms with Crippen molar-refractivity contribution in [2.45, 2.75) is 32.2 Å². The molecule has 0 bridgehead atoms. The molecule has 2 N–H and O–H groups in total. The Kier molecular flexibility index (Phi) is 4.93. The summed E-state index contributed by atoms with van der Waals surface area (Å²) in [7, 11) is 0. The largest absolute Gasteiger partial charge is 0.480 e. The van der Waals surface area contributed by atoms with Gasteiger partial charge in [0.15, 0.2) is 0 Å². The minimum absolute atomic E-state index is 0.155. The van der Waals surface area contributed by atoms with Gasteiger partial charge in [-0.15, -0.1) is 0 Å². The van der Waals surface area contributed by atoms with Gasteiger partial charge >= 0.3 is 5.97 Å². The number of anilines is 1. The van der Waals surface area contributed by atoms with Crippen LogP contribution in [0, 0.1) is 0 Å². The predicted molar refractivity (Wildman–Crippen MR) is 98.8 cm³/mol. The van der Waals surface area contributed by atoms with Gasteiger partial charge in [-0.3, -0.25) is 0 Å². The first-order valence-corrected chi connectivity index (χ1v) is 8.34. The molecular formula is C20H21N3O2. The maximum Gasteiger partial charge on any atom is 0.326 e. The highest BCUT2D eigenvalue weighted by atomic mass is 16.4. The highest BCUT2D eigenvalue weighted by Crippen LogP contribution is 2.24. The fourth-order valence-electron chi connectivity index (χ4n) is 2.68. The van der Waals surface area contributed by atoms with Crippen molar-refractivity contribution in [3.8, 4) is 0 Å². The summed E-state index contributed by atoms with van der Waals surface area (Å²) in [6.07, 6.45) is 0.380. The molecule has 3 rings (SSSR count). The normalized spacial score (nSPS) is 12.3. The summed E-state index contributed by atoms with van der Waals surface area (Å²) >= 11 is 0. The Morgan fingerprint density at radius 2 is 1.72 bits per heavy atom. The summed E-state index contributed by atoms with van der Waals surface area (Å²) < 4.78 is 0. The molecule has 1 heterocycles. The highest BCUT2D eigenvalue weighted by molar-refractivity contribution is 5.91. The van der Waals surface area contributed by atoms with Gasteiger partial charge in [-0.2, -0.15) is 0 Å². The molecule has 5 heteroatoms. The number of para-hydroxylation sites is 1. The summed E-state index contributed by atoms with van der Waals surface area (Å²) in [6, 6.07) is 16.5. The molecular weight excluding hydrogens is 314 g/mol. The van der Waals surface area contributed by atoms with Crippen molar-refractivity contribution in [1.29, 1.82) is 0 Å². The first kappa shape index (κ1) is 16.9. The van der Waals surface area contributed by atoms with Crippen molar-refractivity contribution in [2.24, 2.45) is 0 Å². The Labute approximate surface area is 146 Å². The van der Waals surface area contributed by atoms with E-state index in [1.54, 1.807) is 0 Å². The molecule has 0 amide bonds. The lowest BCUT2D eigenvalue weighted by Crippen LogP contribution is -2.32. The standard InChI is InChI=1S/C20H21N3O2/c1-13(2)18-21-16-11-7-6-10-15(16)19(23-18)22-17(20(24)25)12-14-8-4-3-5-9-14/h3-11,13,17H,12H2,1-2H3,(H,24,25)(H,21,22,23). The first-order chi connectivity index (χ1) is 12.0. The second-order valence-corrected chi connectivity index (χ2v) is 6.33. The first-order valence-electron chi connectivity index (χ1n) is 8.34. The lowest BCUT2D eigenvalue weighted by Gasteiger charge is -2.18. The van der Waals surface area contributed by atoms with Crippen LogP contribution in [0.25, 0.3) is 10.9 Å². The molecule has 128 valence electrons. The van der Waals surface area contributed by atoms with Gasteiger partial charge in [0.25, 0.3) is 0 Å². The summed E-state index contributed by atoms with van der Waals surface area (Å²) in [5.41, 5.74) is 1.78. The van der Waals surface area contributed by atoms with Crippen LogP contribution in [-0.2, 0) is 11.2 Å². The maximum absolute atomic E-state index is 11.8. The van der Waals surface area contributed by atoms with E-state index < -0.39 is 12.0 Å². The van der Waals surface area contributed by atoms with Crippen molar-refractivity contribution < 1.29 is 9.90 Å². The van der Waals surface area contributed by atoms with E-state index in [0.29, 0.717) is 18.1 Å². The third kappa shape index (κ3) is 3.94. The van der Waals surface area contributed by atoms with Crippen molar-refractivity contribution in [3.05, 3.63) is 66.0 Å². The molecule has 0 aliphatic heterocycles. The lowest BCUT2D eigenvalue weighted by atomic mass is 10.1. The molecule has 1 atom stereocenters. The molecule has 0 radical (unpaired) electrons. The fraction of sp³-hybridized carbons (Fsp3) is 0.250. The van der Waals surface area contributed by atoms with Gasteiger partial charge in [0.1, 0.15) is 17.7 Å². The summed E-state index contributed by atoms with van der Waals surface area (Å²) in [5, 5.41) is 13.6. The van der Waals surface area contributed by atoms with E-state index in [1.165, 1.54) is 0 Å². The van der Waals surface area contributed by atoms with Gasteiger partial charge in [0, 0.05) is 17.7 Å². The third-order valence-corrected chi connectivity index (χ3v) is 4.03. The minimum Gasteiger partial charge on any atom is -0.480 e. The Morgan fingerprint density at radius 3 is 2.40 bits per heavy atom. The molecule has 1 aromatic heterocycles. The van der Waals surface area contributed by atoms with E-state index in [0.717, 1.165) is 16.5 Å². The van der Waals surface area contributed by atoms with E-state index in [4.69, 9.17) is 0 Å². The van der Waals surface area contributed by atoms with Crippen LogP contribution in [0.5, 0.6) is 0 Å². The van der Waals surface area contributed by atoms with Gasteiger partial charge in [-0.05, 0) is 17.7 Å². The summed E-state index contributed by atoms with van der Waals surface area (Å²) in [4.78, 5) is 20.9. The monoisotopic (exact) mass is 335 g/mol. The smallest absolute Gasteiger partial charge is 0.326 e. The number of aromatic nitrogens is 2. The summed E-state index contributed by atoms with van der Waals surface area (Å²) in [5.74, 6) is 0.517. The molecule has 0 saturated heterocycles. The minimum atomic E-state index is -0.905. The average molecular weight is 335 g/mol. The number of carboxylic acid groups (broad SMARTS) is 1. The van der Waals surface area contributed by atoms with Crippen molar-refractivity contribution >= 4 is 22.7 Å². The Hall–Kier alpha value is -2.95. The lowest BCUT2D eigenvalue weighted by molar-refractivity contribution is -0.137. The molecule has 0 spiro atoms. The SMILES string of the molecule is CC(C)c1nc(NC(Cc2ccccc2)C(=O)O)c2ccccc2n1. The highest BCUT2D eigenvalue weighted by Gasteiger charge is 2.20. The molecule has 0 aliphatic carbocycles. The molecule has 0 saturated carbocycles. The van der Waals surface area contributed by atoms with E-state index in [1.807, 2.05) is 68.4 Å². The maximum atomic E-state index is 11.8. The molecule has 3 aromatic rings. The van der Waals surface area contributed by atoms with Crippen LogP contribution >= 0.6 is 0 Å². The molecule has 0 fully saturated rings. The quantitative estimate of drug-likeness (QED) is 0.715. The third-order valence-electron chi connectivity index (χ3n) is 4.03. The van der Waals surface area contributed by atoms with Crippen LogP contribution in [-0.4, -0.2) is 27.1 Å². The second kappa shape index (κ2) is 7.30. The number of rotatable bonds is 6. The van der Waals surface area contributed by atoms with Gasteiger partial charge in [0.05, 0.1) is 5.52 Å². The number of hydrogen-bond acceptors (Lipinski definition) is 4. The van der Waals surface area contributed by atoms with Crippen molar-refractivity contribution in [3.63, 3.8) is 0 Å². The zero-order valence-electron chi connectivity index (χ0n) is 14.3. The Balaban J connectivity index is 1.97. The molecule has 25 heavy (non-hydrogen) atoms. The predicted octanol–water partition coefficient (Wildman–Crippen LogP) is 3.86. The van der Waals surface area contributed by atoms with Crippen LogP contribution in [0.2, 0.25) is 0 Å². The van der Waals surface area contributed by atoms with Crippen LogP contribution < -0.4 is 5.32 Å². The Bertz CT molecular complexity index is 879. The van der Waals surface area contributed by atoms with Crippen LogP contribution in [0.1, 0.15) is 31.2 Å². The van der Waals surface area contributed by atoms with Crippen molar-refractivity contribution in [1.82, 2.24) is 9.97 Å². The number of nitrogens with zero attached hydrogens (tertiary/aromatic N) is 2. The summed E-state index contributed by atoms with van der Waals surface area (Å²) in [6.45, 7) is 4.04. The topological polar surface area (TPSA) is 75.1 Å². The number of carbonyl (C=O) groups is 1. The average Bonchev–Trinajstić information content (AvgIpc) is 2.61. The number of aliphatic carboxylic acids is 1. The Morgan fingerprint density at radius 1 is 1.04 bits per heavy atom. The number of hydrogen-bond donors (Lipinski definition) is 2. The van der Waals surface area contributed by atoms with Gasteiger partial charge < -0.3 is 10.4 Å². The zero-order valence-corrected chi connectivity index (χ0v) is 14.3. The molecule has 5 nitrogen and oxygen atoms in total. The molecule has 1 unspecified atom stereocenters. The van der Waals surface area contributed by atoms with Gasteiger partial charge in [0.2, 0.25) is 0 Å². The van der Waals surface area contributed by atoms with E-state index in [2.05, 4.69) is 15.3 Å². The van der Waals surface area contributed by atoms with Gasteiger partial charge in [-0.1, -0.05) is 56.3 Å². The second-order valence-electron chi connectivity index (χ2n) is 6.33. The number of benzene rings is 2. The van der Waals surface area contributed by atoms with Crippen LogP contribution in [0.4, 0.5) is 5.82 Å². The number of carboxylic acids is 1. The number of nitrogens with one attached hydrogen (secondary N) is 1. The van der Waals surface area contributed by atoms with Crippen LogP contribution in [0.3, 0.4) is 0 Å². The molecule has 0 aliphatic rings. The van der Waals surface area contributed by atoms with Gasteiger partial charge in [-0.25, -0.2) is 14.8 Å².